The van der Waals surface area contributed by atoms with Crippen LogP contribution >= 0.6 is 7.82 Å². The van der Waals surface area contributed by atoms with Gasteiger partial charge in [-0.3, -0.25) is 14.2 Å². The molecule has 0 amide bonds. The highest BCUT2D eigenvalue weighted by atomic mass is 31.2. The Hall–Kier alpha value is -0.990. The predicted octanol–water partition coefficient (Wildman–Crippen LogP) is 11.2. The molecular weight excluding hydrogens is 677 g/mol. The lowest BCUT2D eigenvalue weighted by molar-refractivity contribution is -0.870. The summed E-state index contributed by atoms with van der Waals surface area (Å²) in [5, 5.41) is 0. The molecule has 0 N–H and O–H groups in total. The molecule has 10 heteroatoms. The first-order chi connectivity index (χ1) is 24.8. The Kier molecular flexibility index (Phi) is 32.7. The monoisotopic (exact) mass is 762 g/mol. The summed E-state index contributed by atoms with van der Waals surface area (Å²) in [6, 6.07) is 0. The first-order valence-corrected chi connectivity index (χ1v) is 23.0. The number of quaternary nitrogens is 1. The SMILES string of the molecule is CCCCCCCCCCCCCCCC(=O)OCC(C)(COC(=O)CCCCCCCCCCCCCCC)COP(=O)([O-])OCC[N+](C)(C)C. The molecule has 0 aliphatic carbocycles. The van der Waals surface area contributed by atoms with Crippen molar-refractivity contribution in [2.75, 3.05) is 54.1 Å². The Morgan fingerprint density at radius 2 is 0.827 bits per heavy atom. The van der Waals surface area contributed by atoms with Gasteiger partial charge in [-0.25, -0.2) is 0 Å². The largest absolute Gasteiger partial charge is 0.756 e. The fourth-order valence-corrected chi connectivity index (χ4v) is 6.90. The lowest BCUT2D eigenvalue weighted by Crippen LogP contribution is -2.38. The van der Waals surface area contributed by atoms with Gasteiger partial charge in [-0.05, 0) is 12.8 Å². The Bertz CT molecular complexity index is 848. The Morgan fingerprint density at radius 3 is 1.13 bits per heavy atom. The van der Waals surface area contributed by atoms with Crippen LogP contribution in [0.4, 0.5) is 0 Å². The first kappa shape index (κ1) is 51.0. The molecule has 0 fully saturated rings. The third-order valence-electron chi connectivity index (χ3n) is 9.71. The van der Waals surface area contributed by atoms with Crippen molar-refractivity contribution in [2.24, 2.45) is 5.41 Å². The number of nitrogens with zero attached hydrogens (tertiary/aromatic N) is 1. The molecule has 1 unspecified atom stereocenters. The van der Waals surface area contributed by atoms with Crippen LogP contribution in [0, 0.1) is 5.41 Å². The second-order valence-corrected chi connectivity index (χ2v) is 18.1. The van der Waals surface area contributed by atoms with E-state index in [0.717, 1.165) is 38.5 Å². The number of ether oxygens (including phenoxy) is 2. The van der Waals surface area contributed by atoms with Crippen LogP contribution in [0.25, 0.3) is 0 Å². The lowest BCUT2D eigenvalue weighted by atomic mass is 9.94. The van der Waals surface area contributed by atoms with E-state index in [1.165, 1.54) is 128 Å². The number of likely N-dealkylation sites (N-methyl/N-ethyl adjacent to an activating group) is 1. The maximum Gasteiger partial charge on any atom is 0.305 e. The highest BCUT2D eigenvalue weighted by Crippen LogP contribution is 2.40. The maximum atomic E-state index is 12.6. The molecular formula is C42H84NO8P. The summed E-state index contributed by atoms with van der Waals surface area (Å²) in [5.74, 6) is -0.672. The molecule has 0 aliphatic heterocycles. The van der Waals surface area contributed by atoms with Crippen LogP contribution < -0.4 is 4.89 Å². The number of carbonyl (C=O) groups is 2. The van der Waals surface area contributed by atoms with Crippen molar-refractivity contribution >= 4 is 19.8 Å². The molecule has 0 saturated heterocycles. The zero-order valence-electron chi connectivity index (χ0n) is 35.0. The number of unbranched alkanes of at least 4 members (excludes halogenated alkanes) is 24. The standard InChI is InChI=1S/C42H84NO8P/c1-7-9-11-13-15-17-19-21-23-25-27-29-31-33-40(44)48-37-42(3,39-51-52(46,47)50-36-35-43(4,5)6)38-49-41(45)34-32-30-28-26-24-22-20-18-16-14-12-10-8-2/h7-39H2,1-6H3. The lowest BCUT2D eigenvalue weighted by Gasteiger charge is -2.32. The maximum absolute atomic E-state index is 12.6. The average Bonchev–Trinajstić information content (AvgIpc) is 3.09. The first-order valence-electron chi connectivity index (χ1n) is 21.5. The van der Waals surface area contributed by atoms with E-state index in [4.69, 9.17) is 18.5 Å². The third kappa shape index (κ3) is 36.0. The molecule has 0 saturated carbocycles. The van der Waals surface area contributed by atoms with Gasteiger partial charge in [-0.2, -0.15) is 0 Å². The molecule has 0 heterocycles. The number of esters is 2. The third-order valence-corrected chi connectivity index (χ3v) is 10.7. The van der Waals surface area contributed by atoms with Crippen LogP contribution in [0.1, 0.15) is 201 Å². The molecule has 0 aromatic heterocycles. The van der Waals surface area contributed by atoms with Crippen molar-refractivity contribution in [1.29, 1.82) is 0 Å². The highest BCUT2D eigenvalue weighted by molar-refractivity contribution is 7.45. The average molecular weight is 762 g/mol. The zero-order chi connectivity index (χ0) is 38.8. The number of rotatable bonds is 39. The minimum atomic E-state index is -4.60. The van der Waals surface area contributed by atoms with E-state index in [-0.39, 0.29) is 38.4 Å². The van der Waals surface area contributed by atoms with Crippen molar-refractivity contribution < 1.29 is 42.1 Å². The van der Waals surface area contributed by atoms with E-state index < -0.39 is 13.2 Å². The van der Waals surface area contributed by atoms with Crippen molar-refractivity contribution in [3.05, 3.63) is 0 Å². The molecule has 0 bridgehead atoms. The number of phosphoric ester groups is 1. The summed E-state index contributed by atoms with van der Waals surface area (Å²) in [5.41, 5.74) is -1.04. The van der Waals surface area contributed by atoms with E-state index in [1.54, 1.807) is 6.92 Å². The van der Waals surface area contributed by atoms with Crippen molar-refractivity contribution in [3.63, 3.8) is 0 Å². The van der Waals surface area contributed by atoms with E-state index in [2.05, 4.69) is 13.8 Å². The molecule has 0 rings (SSSR count). The normalized spacial score (nSPS) is 13.3. The van der Waals surface area contributed by atoms with Crippen LogP contribution in [0.5, 0.6) is 0 Å². The number of hydrogen-bond donors (Lipinski definition) is 0. The second-order valence-electron chi connectivity index (χ2n) is 16.7. The van der Waals surface area contributed by atoms with Gasteiger partial charge in [0.25, 0.3) is 7.82 Å². The van der Waals surface area contributed by atoms with Gasteiger partial charge < -0.3 is 27.9 Å². The van der Waals surface area contributed by atoms with Gasteiger partial charge in [0.05, 0.1) is 33.2 Å². The number of hydrogen-bond acceptors (Lipinski definition) is 8. The molecule has 1 atom stereocenters. The van der Waals surface area contributed by atoms with E-state index in [1.807, 2.05) is 21.1 Å². The van der Waals surface area contributed by atoms with Gasteiger partial charge in [-0.1, -0.05) is 175 Å². The molecule has 9 nitrogen and oxygen atoms in total. The van der Waals surface area contributed by atoms with Gasteiger partial charge in [-0.15, -0.1) is 0 Å². The van der Waals surface area contributed by atoms with Gasteiger partial charge in [0, 0.05) is 12.8 Å². The van der Waals surface area contributed by atoms with Gasteiger partial charge in [0.2, 0.25) is 0 Å². The van der Waals surface area contributed by atoms with Gasteiger partial charge in [0.15, 0.2) is 0 Å². The van der Waals surface area contributed by atoms with E-state index in [0.29, 0.717) is 23.9 Å². The minimum Gasteiger partial charge on any atom is -0.756 e. The van der Waals surface area contributed by atoms with Crippen molar-refractivity contribution in [1.82, 2.24) is 0 Å². The predicted molar refractivity (Wildman–Crippen MR) is 213 cm³/mol. The molecule has 0 radical (unpaired) electrons. The molecule has 0 aliphatic rings. The smallest absolute Gasteiger partial charge is 0.305 e. The minimum absolute atomic E-state index is 0.0107. The molecule has 310 valence electrons. The molecule has 0 aromatic rings. The van der Waals surface area contributed by atoms with E-state index >= 15 is 0 Å². The van der Waals surface area contributed by atoms with Crippen molar-refractivity contribution in [2.45, 2.75) is 201 Å². The summed E-state index contributed by atoms with van der Waals surface area (Å²) in [6.07, 6.45) is 32.6. The van der Waals surface area contributed by atoms with Crippen LogP contribution in [0.2, 0.25) is 0 Å². The number of carbonyl (C=O) groups excluding carboxylic acids is 2. The van der Waals surface area contributed by atoms with Crippen LogP contribution in [-0.2, 0) is 32.7 Å². The molecule has 0 spiro atoms. The highest BCUT2D eigenvalue weighted by Gasteiger charge is 2.31. The van der Waals surface area contributed by atoms with Gasteiger partial charge >= 0.3 is 11.9 Å². The van der Waals surface area contributed by atoms with Crippen LogP contribution in [0.15, 0.2) is 0 Å². The molecule has 52 heavy (non-hydrogen) atoms. The Balaban J connectivity index is 4.49. The quantitative estimate of drug-likeness (QED) is 0.0263. The summed E-state index contributed by atoms with van der Waals surface area (Å²) in [4.78, 5) is 37.7. The number of phosphoric acid groups is 1. The van der Waals surface area contributed by atoms with E-state index in [9.17, 15) is 19.0 Å². The summed E-state index contributed by atoms with van der Waals surface area (Å²) >= 11 is 0. The summed E-state index contributed by atoms with van der Waals surface area (Å²) < 4.78 is 34.5. The topological polar surface area (TPSA) is 111 Å². The fourth-order valence-electron chi connectivity index (χ4n) is 6.05. The Labute approximate surface area is 321 Å². The van der Waals surface area contributed by atoms with Crippen LogP contribution in [-0.4, -0.2) is 70.5 Å². The molecule has 0 aromatic carbocycles. The van der Waals surface area contributed by atoms with Crippen molar-refractivity contribution in [3.8, 4) is 0 Å². The summed E-state index contributed by atoms with van der Waals surface area (Å²) in [6.45, 7) is 6.13. The second kappa shape index (κ2) is 33.4. The van der Waals surface area contributed by atoms with Gasteiger partial charge in [0.1, 0.15) is 26.4 Å². The fraction of sp³-hybridized carbons (Fsp3) is 0.952. The summed E-state index contributed by atoms with van der Waals surface area (Å²) in [7, 11) is 1.22. The Morgan fingerprint density at radius 1 is 0.519 bits per heavy atom. The van der Waals surface area contributed by atoms with Crippen LogP contribution in [0.3, 0.4) is 0 Å². The zero-order valence-corrected chi connectivity index (χ0v) is 35.9.